The fourth-order valence-corrected chi connectivity index (χ4v) is 7.28. The third-order valence-corrected chi connectivity index (χ3v) is 9.48. The molecule has 0 unspecified atom stereocenters. The maximum atomic E-state index is 13.3. The van der Waals surface area contributed by atoms with Crippen molar-refractivity contribution in [2.75, 3.05) is 44.2 Å². The molecule has 2 aromatic heterocycles. The maximum Gasteiger partial charge on any atom is 0.254 e. The van der Waals surface area contributed by atoms with Crippen LogP contribution in [0.1, 0.15) is 52.9 Å². The second kappa shape index (κ2) is 8.42. The van der Waals surface area contributed by atoms with Gasteiger partial charge in [0.05, 0.1) is 5.56 Å². The Morgan fingerprint density at radius 2 is 1.76 bits per heavy atom. The first-order chi connectivity index (χ1) is 16.1. The molecule has 2 saturated heterocycles. The van der Waals surface area contributed by atoms with Crippen LogP contribution in [0.4, 0.5) is 5.82 Å². The van der Waals surface area contributed by atoms with E-state index in [0.29, 0.717) is 5.91 Å². The summed E-state index contributed by atoms with van der Waals surface area (Å²) in [4.78, 5) is 38.7. The quantitative estimate of drug-likeness (QED) is 0.696. The molecule has 6 rings (SSSR count). The topological polar surface area (TPSA) is 56.8 Å². The van der Waals surface area contributed by atoms with Crippen LogP contribution in [-0.2, 0) is 17.6 Å². The van der Waals surface area contributed by atoms with E-state index in [0.717, 1.165) is 82.8 Å². The highest BCUT2D eigenvalue weighted by Gasteiger charge is 2.59. The number of thiophene rings is 1. The molecule has 3 fully saturated rings. The number of aryl methyl sites for hydroxylation is 1. The summed E-state index contributed by atoms with van der Waals surface area (Å²) in [7, 11) is 0. The van der Waals surface area contributed by atoms with Crippen molar-refractivity contribution in [1.82, 2.24) is 14.8 Å². The Morgan fingerprint density at radius 3 is 2.52 bits per heavy atom. The predicted molar refractivity (Wildman–Crippen MR) is 130 cm³/mol. The lowest BCUT2D eigenvalue weighted by atomic mass is 9.89. The summed E-state index contributed by atoms with van der Waals surface area (Å²) in [6.07, 6.45) is 9.41. The number of hydrogen-bond donors (Lipinski definition) is 0. The second-order valence-corrected chi connectivity index (χ2v) is 11.1. The minimum absolute atomic E-state index is 0.139. The summed E-state index contributed by atoms with van der Waals surface area (Å²) in [6, 6.07) is 5.98. The molecule has 2 amide bonds. The van der Waals surface area contributed by atoms with Gasteiger partial charge < -0.3 is 14.7 Å². The molecular weight excluding hydrogens is 432 g/mol. The van der Waals surface area contributed by atoms with Gasteiger partial charge in [-0.2, -0.15) is 0 Å². The molecule has 0 N–H and O–H groups in total. The van der Waals surface area contributed by atoms with E-state index >= 15 is 0 Å². The van der Waals surface area contributed by atoms with E-state index in [1.165, 1.54) is 23.3 Å². The summed E-state index contributed by atoms with van der Waals surface area (Å²) >= 11 is 1.77. The summed E-state index contributed by atoms with van der Waals surface area (Å²) in [5, 5.41) is 2.09. The molecule has 2 aliphatic carbocycles. The highest BCUT2D eigenvalue weighted by atomic mass is 32.1. The van der Waals surface area contributed by atoms with Gasteiger partial charge in [-0.15, -0.1) is 11.3 Å². The smallest absolute Gasteiger partial charge is 0.254 e. The molecule has 33 heavy (non-hydrogen) atoms. The Hall–Kier alpha value is -2.41. The molecule has 174 valence electrons. The van der Waals surface area contributed by atoms with Crippen molar-refractivity contribution in [2.24, 2.45) is 11.3 Å². The lowest BCUT2D eigenvalue weighted by Gasteiger charge is -2.37. The Morgan fingerprint density at radius 1 is 0.970 bits per heavy atom. The molecule has 4 aliphatic rings. The SMILES string of the molecule is O=C(c1csc2c1CCCC2)N1CCC2(CC1)C[C@H]2C(=O)N1CCN(c2ccccn2)CC1. The number of hydrogen-bond acceptors (Lipinski definition) is 5. The molecule has 6 nitrogen and oxygen atoms in total. The van der Waals surface area contributed by atoms with Gasteiger partial charge in [-0.25, -0.2) is 4.98 Å². The third kappa shape index (κ3) is 3.84. The molecular formula is C26H32N4O2S. The van der Waals surface area contributed by atoms with E-state index < -0.39 is 0 Å². The van der Waals surface area contributed by atoms with Crippen LogP contribution in [0.3, 0.4) is 0 Å². The van der Waals surface area contributed by atoms with Crippen molar-refractivity contribution >= 4 is 29.0 Å². The molecule has 2 aliphatic heterocycles. The van der Waals surface area contributed by atoms with E-state index in [-0.39, 0.29) is 17.2 Å². The average molecular weight is 465 g/mol. The van der Waals surface area contributed by atoms with Crippen LogP contribution in [0.25, 0.3) is 0 Å². The van der Waals surface area contributed by atoms with Gasteiger partial charge in [0.15, 0.2) is 0 Å². The first-order valence-corrected chi connectivity index (χ1v) is 13.4. The minimum atomic E-state index is 0.139. The van der Waals surface area contributed by atoms with E-state index in [2.05, 4.69) is 20.2 Å². The minimum Gasteiger partial charge on any atom is -0.353 e. The van der Waals surface area contributed by atoms with Gasteiger partial charge >= 0.3 is 0 Å². The number of nitrogens with zero attached hydrogens (tertiary/aromatic N) is 4. The van der Waals surface area contributed by atoms with Gasteiger partial charge in [0, 0.05) is 61.6 Å². The Bertz CT molecular complexity index is 1040. The highest BCUT2D eigenvalue weighted by Crippen LogP contribution is 2.60. The average Bonchev–Trinajstić information content (AvgIpc) is 3.39. The van der Waals surface area contributed by atoms with E-state index in [1.54, 1.807) is 11.3 Å². The fraction of sp³-hybridized carbons (Fsp3) is 0.577. The number of piperazine rings is 1. The summed E-state index contributed by atoms with van der Waals surface area (Å²) in [6.45, 7) is 4.82. The Balaban J connectivity index is 1.03. The molecule has 1 spiro atoms. The summed E-state index contributed by atoms with van der Waals surface area (Å²) < 4.78 is 0. The molecule has 0 radical (unpaired) electrons. The van der Waals surface area contributed by atoms with Crippen LogP contribution < -0.4 is 4.90 Å². The molecule has 1 atom stereocenters. The molecule has 7 heteroatoms. The molecule has 0 aromatic carbocycles. The number of carbonyl (C=O) groups is 2. The van der Waals surface area contributed by atoms with Crippen LogP contribution in [0.5, 0.6) is 0 Å². The first kappa shape index (κ1) is 21.1. The lowest BCUT2D eigenvalue weighted by molar-refractivity contribution is -0.134. The summed E-state index contributed by atoms with van der Waals surface area (Å²) in [5.74, 6) is 1.71. The Kier molecular flexibility index (Phi) is 5.40. The van der Waals surface area contributed by atoms with Crippen LogP contribution >= 0.6 is 11.3 Å². The number of amides is 2. The van der Waals surface area contributed by atoms with Gasteiger partial charge in [0.2, 0.25) is 5.91 Å². The number of piperidine rings is 1. The number of aromatic nitrogens is 1. The van der Waals surface area contributed by atoms with Crippen molar-refractivity contribution in [2.45, 2.75) is 44.9 Å². The third-order valence-electron chi connectivity index (χ3n) is 8.39. The van der Waals surface area contributed by atoms with E-state index in [1.807, 2.05) is 29.3 Å². The summed E-state index contributed by atoms with van der Waals surface area (Å²) in [5.41, 5.74) is 2.42. The van der Waals surface area contributed by atoms with Gasteiger partial charge in [-0.05, 0) is 68.1 Å². The van der Waals surface area contributed by atoms with Crippen LogP contribution in [0.15, 0.2) is 29.8 Å². The normalized spacial score (nSPS) is 24.0. The zero-order valence-corrected chi connectivity index (χ0v) is 20.0. The van der Waals surface area contributed by atoms with Gasteiger partial charge in [-0.1, -0.05) is 6.07 Å². The van der Waals surface area contributed by atoms with Gasteiger partial charge in [-0.3, -0.25) is 9.59 Å². The standard InChI is InChI=1S/C26H32N4O2S/c31-24(20-18-33-22-6-2-1-5-19(20)22)29-11-8-26(9-12-29)17-21(26)25(32)30-15-13-28(14-16-30)23-7-3-4-10-27-23/h3-4,7,10,18,21H,1-2,5-6,8-9,11-17H2/t21-/m0/s1. The number of anilines is 1. The van der Waals surface area contributed by atoms with Gasteiger partial charge in [0.25, 0.3) is 5.91 Å². The van der Waals surface area contributed by atoms with Crippen LogP contribution in [0, 0.1) is 11.3 Å². The van der Waals surface area contributed by atoms with E-state index in [9.17, 15) is 9.59 Å². The number of pyridine rings is 1. The van der Waals surface area contributed by atoms with Crippen LogP contribution in [-0.4, -0.2) is 65.9 Å². The molecule has 4 heterocycles. The number of rotatable bonds is 3. The zero-order valence-electron chi connectivity index (χ0n) is 19.2. The molecule has 1 saturated carbocycles. The van der Waals surface area contributed by atoms with E-state index in [4.69, 9.17) is 0 Å². The number of carbonyl (C=O) groups excluding carboxylic acids is 2. The van der Waals surface area contributed by atoms with Crippen molar-refractivity contribution in [3.8, 4) is 0 Å². The van der Waals surface area contributed by atoms with Crippen LogP contribution in [0.2, 0.25) is 0 Å². The van der Waals surface area contributed by atoms with Gasteiger partial charge in [0.1, 0.15) is 5.82 Å². The first-order valence-electron chi connectivity index (χ1n) is 12.5. The predicted octanol–water partition coefficient (Wildman–Crippen LogP) is 3.61. The molecule has 2 aromatic rings. The largest absolute Gasteiger partial charge is 0.353 e. The van der Waals surface area contributed by atoms with Crippen molar-refractivity contribution in [1.29, 1.82) is 0 Å². The molecule has 0 bridgehead atoms. The Labute approximate surface area is 199 Å². The zero-order chi connectivity index (χ0) is 22.4. The van der Waals surface area contributed by atoms with Crippen molar-refractivity contribution in [3.63, 3.8) is 0 Å². The highest BCUT2D eigenvalue weighted by molar-refractivity contribution is 7.10. The second-order valence-electron chi connectivity index (χ2n) is 10.2. The van der Waals surface area contributed by atoms with Crippen molar-refractivity contribution in [3.05, 3.63) is 45.8 Å². The lowest BCUT2D eigenvalue weighted by Crippen LogP contribution is -2.50. The van der Waals surface area contributed by atoms with Crippen molar-refractivity contribution < 1.29 is 9.59 Å². The monoisotopic (exact) mass is 464 g/mol. The fourth-order valence-electron chi connectivity index (χ4n) is 6.17. The number of likely N-dealkylation sites (tertiary alicyclic amines) is 1. The maximum absolute atomic E-state index is 13.3. The number of fused-ring (bicyclic) bond motifs is 1.